The Morgan fingerprint density at radius 3 is 1.47 bits per heavy atom. The van der Waals surface area contributed by atoms with Gasteiger partial charge in [0.25, 0.3) is 20.2 Å². The summed E-state index contributed by atoms with van der Waals surface area (Å²) in [6.07, 6.45) is 5.65. The Morgan fingerprint density at radius 2 is 1.07 bits per heavy atom. The van der Waals surface area contributed by atoms with Crippen molar-refractivity contribution in [3.8, 4) is 22.3 Å². The van der Waals surface area contributed by atoms with Gasteiger partial charge in [-0.15, -0.1) is 0 Å². The zero-order valence-electron chi connectivity index (χ0n) is 26.3. The smallest absolute Gasteiger partial charge is 0.301 e. The number of anilines is 2. The second-order valence-corrected chi connectivity index (χ2v) is 14.9. The van der Waals surface area contributed by atoms with Crippen LogP contribution in [0.5, 0.6) is 0 Å². The summed E-state index contributed by atoms with van der Waals surface area (Å²) in [6.45, 7) is 8.45. The fourth-order valence-electron chi connectivity index (χ4n) is 5.85. The molecule has 2 aromatic heterocycles. The van der Waals surface area contributed by atoms with Crippen LogP contribution in [0.25, 0.3) is 22.3 Å². The third kappa shape index (κ3) is 8.06. The van der Waals surface area contributed by atoms with Gasteiger partial charge in [0.05, 0.1) is 19.1 Å². The second kappa shape index (κ2) is 12.5. The van der Waals surface area contributed by atoms with Gasteiger partial charge in [-0.25, -0.2) is 18.3 Å². The number of hydrogen-bond donors (Lipinski definition) is 0. The number of pyridine rings is 2. The van der Waals surface area contributed by atoms with Crippen LogP contribution in [0.3, 0.4) is 0 Å². The Hall–Kier alpha value is -3.84. The summed E-state index contributed by atoms with van der Waals surface area (Å²) in [7, 11) is -8.47. The summed E-state index contributed by atoms with van der Waals surface area (Å²) < 4.78 is 62.0. The summed E-state index contributed by atoms with van der Waals surface area (Å²) >= 11 is 0. The minimum absolute atomic E-state index is 0.193. The van der Waals surface area contributed by atoms with E-state index in [1.54, 1.807) is 23.4 Å². The van der Waals surface area contributed by atoms with Gasteiger partial charge < -0.3 is 9.80 Å². The lowest BCUT2D eigenvalue weighted by molar-refractivity contribution is -0.0948. The molecule has 1 aliphatic heterocycles. The fraction of sp³-hybridized carbons (Fsp3) is 0.333. The highest BCUT2D eigenvalue weighted by Crippen LogP contribution is 2.35. The lowest BCUT2D eigenvalue weighted by Crippen LogP contribution is -2.60. The van der Waals surface area contributed by atoms with Crippen LogP contribution in [0.2, 0.25) is 0 Å². The molecule has 12 heteroatoms. The molecule has 0 bridgehead atoms. The van der Waals surface area contributed by atoms with Crippen molar-refractivity contribution in [2.45, 2.75) is 40.0 Å². The maximum atomic E-state index is 12.7. The molecular formula is C33H38N4O6S2. The first-order chi connectivity index (χ1) is 21.1. The van der Waals surface area contributed by atoms with Gasteiger partial charge in [-0.05, 0) is 69.5 Å². The van der Waals surface area contributed by atoms with Crippen molar-refractivity contribution in [2.24, 2.45) is 0 Å². The maximum absolute atomic E-state index is 12.7. The van der Waals surface area contributed by atoms with E-state index in [2.05, 4.69) is 46.4 Å². The van der Waals surface area contributed by atoms with Crippen LogP contribution >= 0.6 is 0 Å². The molecule has 1 fully saturated rings. The van der Waals surface area contributed by atoms with Gasteiger partial charge in [0.15, 0.2) is 0 Å². The largest absolute Gasteiger partial charge is 0.349 e. The van der Waals surface area contributed by atoms with Crippen molar-refractivity contribution in [1.29, 1.82) is 0 Å². The monoisotopic (exact) mass is 650 g/mol. The molecule has 0 spiro atoms. The Balaban J connectivity index is 1.54. The molecule has 0 unspecified atom stereocenters. The van der Waals surface area contributed by atoms with Crippen LogP contribution in [-0.4, -0.2) is 64.9 Å². The fourth-order valence-corrected chi connectivity index (χ4v) is 7.20. The molecule has 0 aliphatic carbocycles. The van der Waals surface area contributed by atoms with Crippen molar-refractivity contribution in [3.63, 3.8) is 0 Å². The molecule has 10 nitrogen and oxygen atoms in total. The van der Waals surface area contributed by atoms with E-state index < -0.39 is 26.1 Å². The Labute approximate surface area is 265 Å². The summed E-state index contributed by atoms with van der Waals surface area (Å²) in [4.78, 5) is 12.5. The standard InChI is InChI=1S/C33H38N4O6S2/c1-23-14-24(2)17-29(16-23)27-8-10-31(34-20-27)36-12-7-13-37(33(22-36,42-44(5,38)39)43-45(6,40)41)32-11-9-28(21-35-32)30-18-25(3)15-26(4)19-30/h8-11,14-21H,7,12-13,22H2,1-6H3. The first kappa shape index (κ1) is 32.6. The second-order valence-electron chi connectivity index (χ2n) is 11.8. The van der Waals surface area contributed by atoms with E-state index in [9.17, 15) is 16.8 Å². The lowest BCUT2D eigenvalue weighted by atomic mass is 10.0. The summed E-state index contributed by atoms with van der Waals surface area (Å²) in [6, 6.07) is 19.8. The predicted octanol–water partition coefficient (Wildman–Crippen LogP) is 5.37. The van der Waals surface area contributed by atoms with E-state index in [1.165, 1.54) is 4.90 Å². The topological polar surface area (TPSA) is 119 Å². The normalized spacial score (nSPS) is 15.6. The van der Waals surface area contributed by atoms with E-state index in [1.807, 2.05) is 45.9 Å². The molecule has 4 aromatic rings. The first-order valence-electron chi connectivity index (χ1n) is 14.5. The first-order valence-corrected chi connectivity index (χ1v) is 18.2. The van der Waals surface area contributed by atoms with E-state index in [-0.39, 0.29) is 13.1 Å². The Bertz CT molecular complexity index is 1840. The van der Waals surface area contributed by atoms with Crippen molar-refractivity contribution >= 4 is 31.9 Å². The van der Waals surface area contributed by atoms with Crippen LogP contribution in [0.15, 0.2) is 73.1 Å². The van der Waals surface area contributed by atoms with Gasteiger partial charge in [0.1, 0.15) is 11.6 Å². The Morgan fingerprint density at radius 1 is 0.622 bits per heavy atom. The zero-order chi connectivity index (χ0) is 32.6. The molecular weight excluding hydrogens is 613 g/mol. The number of aromatic nitrogens is 2. The Kier molecular flexibility index (Phi) is 9.05. The molecule has 3 heterocycles. The summed E-state index contributed by atoms with van der Waals surface area (Å²) in [5.74, 6) is -1.47. The number of benzene rings is 2. The zero-order valence-corrected chi connectivity index (χ0v) is 27.9. The number of rotatable bonds is 8. The van der Waals surface area contributed by atoms with Crippen molar-refractivity contribution in [1.82, 2.24) is 9.97 Å². The molecule has 45 heavy (non-hydrogen) atoms. The summed E-state index contributed by atoms with van der Waals surface area (Å²) in [5.41, 5.74) is 8.28. The highest BCUT2D eigenvalue weighted by molar-refractivity contribution is 7.86. The molecule has 0 atom stereocenters. The van der Waals surface area contributed by atoms with Crippen LogP contribution in [-0.2, 0) is 28.6 Å². The molecule has 0 radical (unpaired) electrons. The number of hydrogen-bond acceptors (Lipinski definition) is 10. The van der Waals surface area contributed by atoms with Crippen LogP contribution < -0.4 is 9.80 Å². The molecule has 5 rings (SSSR count). The molecule has 0 amide bonds. The number of aryl methyl sites for hydroxylation is 4. The average molecular weight is 651 g/mol. The van der Waals surface area contributed by atoms with Gasteiger partial charge in [0.2, 0.25) is 0 Å². The van der Waals surface area contributed by atoms with E-state index in [4.69, 9.17) is 8.37 Å². The highest BCUT2D eigenvalue weighted by Gasteiger charge is 2.49. The predicted molar refractivity (Wildman–Crippen MR) is 177 cm³/mol. The molecule has 1 aliphatic rings. The van der Waals surface area contributed by atoms with Crippen LogP contribution in [0.4, 0.5) is 11.6 Å². The third-order valence-corrected chi connectivity index (χ3v) is 8.51. The minimum Gasteiger partial charge on any atom is -0.349 e. The van der Waals surface area contributed by atoms with Crippen molar-refractivity contribution in [3.05, 3.63) is 95.3 Å². The van der Waals surface area contributed by atoms with Crippen molar-refractivity contribution in [2.75, 3.05) is 41.9 Å². The van der Waals surface area contributed by atoms with Gasteiger partial charge in [-0.3, -0.25) is 0 Å². The molecule has 1 saturated heterocycles. The highest BCUT2D eigenvalue weighted by atomic mass is 32.2. The van der Waals surface area contributed by atoms with E-state index in [0.29, 0.717) is 24.6 Å². The average Bonchev–Trinajstić information content (AvgIpc) is 3.09. The third-order valence-electron chi connectivity index (χ3n) is 7.38. The molecule has 0 saturated carbocycles. The molecule has 0 N–H and O–H groups in total. The quantitative estimate of drug-likeness (QED) is 0.182. The SMILES string of the molecule is Cc1cc(C)cc(-c2ccc(N3CCCN(c4ccc(-c5cc(C)cc(C)c5)cn4)C(OS(C)(=O)=O)(OS(C)(=O)=O)C3)nc2)c1. The van der Waals surface area contributed by atoms with Crippen molar-refractivity contribution < 1.29 is 25.2 Å². The maximum Gasteiger partial charge on any atom is 0.301 e. The van der Waals surface area contributed by atoms with E-state index in [0.717, 1.165) is 57.0 Å². The van der Waals surface area contributed by atoms with E-state index >= 15 is 0 Å². The minimum atomic E-state index is -4.23. The summed E-state index contributed by atoms with van der Waals surface area (Å²) in [5, 5.41) is 0. The lowest BCUT2D eigenvalue weighted by Gasteiger charge is -2.41. The van der Waals surface area contributed by atoms with Gasteiger partial charge >= 0.3 is 5.91 Å². The van der Waals surface area contributed by atoms with Gasteiger partial charge in [-0.2, -0.15) is 16.8 Å². The van der Waals surface area contributed by atoms with Gasteiger partial charge in [-0.1, -0.05) is 58.7 Å². The van der Waals surface area contributed by atoms with Crippen LogP contribution in [0.1, 0.15) is 28.7 Å². The van der Waals surface area contributed by atoms with Crippen LogP contribution in [0, 0.1) is 27.7 Å². The van der Waals surface area contributed by atoms with Gasteiger partial charge in [0, 0.05) is 36.6 Å². The number of nitrogens with zero attached hydrogens (tertiary/aromatic N) is 4. The molecule has 238 valence electrons. The molecule has 2 aromatic carbocycles.